The number of aliphatic hydroxyl groups is 2. The molecule has 2 aromatic rings. The third-order valence-corrected chi connectivity index (χ3v) is 5.78. The molecule has 1 aliphatic heterocycles. The number of rotatable bonds is 7. The van der Waals surface area contributed by atoms with Crippen LogP contribution < -0.4 is 20.9 Å². The van der Waals surface area contributed by atoms with Gasteiger partial charge in [0.25, 0.3) is 5.69 Å². The Hall–Kier alpha value is -3.22. The summed E-state index contributed by atoms with van der Waals surface area (Å²) in [6.07, 6.45) is -1.42. The number of nitrogens with zero attached hydrogens (tertiary/aromatic N) is 3. The fourth-order valence-electron chi connectivity index (χ4n) is 4.04. The highest BCUT2D eigenvalue weighted by Crippen LogP contribution is 2.43. The molecule has 1 saturated heterocycles. The van der Waals surface area contributed by atoms with Gasteiger partial charge in [0.1, 0.15) is 23.7 Å². The van der Waals surface area contributed by atoms with Crippen molar-refractivity contribution in [3.63, 3.8) is 0 Å². The zero-order chi connectivity index (χ0) is 25.4. The smallest absolute Gasteiger partial charge is 0.352 e. The Labute approximate surface area is 196 Å². The molecule has 1 aliphatic rings. The van der Waals surface area contributed by atoms with E-state index in [-0.39, 0.29) is 29.2 Å². The highest BCUT2D eigenvalue weighted by atomic mass is 16.6. The molecule has 12 heteroatoms. The van der Waals surface area contributed by atoms with E-state index in [4.69, 9.17) is 19.9 Å². The Morgan fingerprint density at radius 3 is 2.65 bits per heavy atom. The molecule has 0 saturated carbocycles. The predicted molar refractivity (Wildman–Crippen MR) is 122 cm³/mol. The van der Waals surface area contributed by atoms with Crippen LogP contribution in [0.15, 0.2) is 29.2 Å². The topological polar surface area (TPSA) is 172 Å². The van der Waals surface area contributed by atoms with Crippen molar-refractivity contribution in [2.24, 2.45) is 5.41 Å². The van der Waals surface area contributed by atoms with Crippen LogP contribution in [0.1, 0.15) is 45.8 Å². The first kappa shape index (κ1) is 25.4. The molecule has 186 valence electrons. The van der Waals surface area contributed by atoms with E-state index in [1.807, 2.05) is 20.8 Å². The predicted octanol–water partition coefficient (Wildman–Crippen LogP) is 1.72. The van der Waals surface area contributed by atoms with Gasteiger partial charge in [0.2, 0.25) is 0 Å². The molecule has 12 nitrogen and oxygen atoms in total. The number of hydrogen-bond donors (Lipinski definition) is 3. The average Bonchev–Trinajstić information content (AvgIpc) is 3.05. The lowest BCUT2D eigenvalue weighted by atomic mass is 9.83. The number of aliphatic hydroxyl groups excluding tert-OH is 2. The van der Waals surface area contributed by atoms with Crippen molar-refractivity contribution in [2.75, 3.05) is 19.5 Å². The summed E-state index contributed by atoms with van der Waals surface area (Å²) in [4.78, 5) is 27.7. The molecular weight excluding hydrogens is 448 g/mol. The molecule has 0 unspecified atom stereocenters. The first-order valence-corrected chi connectivity index (χ1v) is 10.7. The van der Waals surface area contributed by atoms with Crippen LogP contribution in [0.25, 0.3) is 0 Å². The molecule has 1 aromatic heterocycles. The maximum absolute atomic E-state index is 12.7. The number of nitro groups is 1. The molecule has 0 bridgehead atoms. The van der Waals surface area contributed by atoms with Gasteiger partial charge in [-0.2, -0.15) is 4.98 Å². The Morgan fingerprint density at radius 1 is 1.44 bits per heavy atom. The number of anilines is 1. The minimum atomic E-state index is -1.32. The van der Waals surface area contributed by atoms with Crippen LogP contribution in [0.2, 0.25) is 0 Å². The van der Waals surface area contributed by atoms with Crippen LogP contribution in [0.4, 0.5) is 11.5 Å². The molecule has 4 N–H and O–H groups in total. The van der Waals surface area contributed by atoms with E-state index in [1.54, 1.807) is 6.92 Å². The normalized spacial score (nSPS) is 23.5. The van der Waals surface area contributed by atoms with Gasteiger partial charge < -0.3 is 30.2 Å². The molecular formula is C22H30N4O8. The van der Waals surface area contributed by atoms with Gasteiger partial charge in [-0.3, -0.25) is 14.7 Å². The highest BCUT2D eigenvalue weighted by molar-refractivity contribution is 5.49. The summed E-state index contributed by atoms with van der Waals surface area (Å²) in [5, 5.41) is 31.4. The van der Waals surface area contributed by atoms with Crippen LogP contribution >= 0.6 is 0 Å². The lowest BCUT2D eigenvalue weighted by molar-refractivity contribution is -0.386. The molecule has 1 fully saturated rings. The van der Waals surface area contributed by atoms with E-state index < -0.39 is 46.7 Å². The fourth-order valence-corrected chi connectivity index (χ4v) is 4.04. The van der Waals surface area contributed by atoms with Gasteiger partial charge in [-0.25, -0.2) is 4.79 Å². The second-order valence-corrected chi connectivity index (χ2v) is 9.47. The van der Waals surface area contributed by atoms with E-state index in [1.165, 1.54) is 31.5 Å². The number of nitrogen functional groups attached to an aromatic ring is 1. The first-order valence-electron chi connectivity index (χ1n) is 10.7. The number of ether oxygens (including phenoxy) is 3. The van der Waals surface area contributed by atoms with E-state index in [9.17, 15) is 25.1 Å². The summed E-state index contributed by atoms with van der Waals surface area (Å²) in [5.41, 5.74) is 3.38. The van der Waals surface area contributed by atoms with E-state index >= 15 is 0 Å². The Bertz CT molecular complexity index is 1130. The SMILES string of the molecule is COc1ccc([N+](=O)[O-])c([C@@H](Oc2cn([C@@]3(C)C[C@H](O)[C@@H](CO)O3)c(=O)nc2N)C(C)(C)C)c1. The summed E-state index contributed by atoms with van der Waals surface area (Å²) in [6, 6.07) is 4.35. The summed E-state index contributed by atoms with van der Waals surface area (Å²) in [6.45, 7) is 6.66. The molecule has 0 amide bonds. The lowest BCUT2D eigenvalue weighted by Gasteiger charge is -2.32. The zero-order valence-corrected chi connectivity index (χ0v) is 19.7. The van der Waals surface area contributed by atoms with Gasteiger partial charge in [0, 0.05) is 17.9 Å². The lowest BCUT2D eigenvalue weighted by Crippen LogP contribution is -2.40. The van der Waals surface area contributed by atoms with Gasteiger partial charge in [-0.05, 0) is 19.1 Å². The standard InChI is InChI=1S/C22H30N4O8/c1-21(2,3)18(13-8-12(32-5)6-7-14(13)26(30)31)33-16-10-25(20(29)24-19(16)23)22(4)9-15(28)17(11-27)34-22/h6-8,10,15,17-18,27-28H,9,11H2,1-5H3,(H2,23,24,29)/t15-,17+,18+,22+/m0/s1. The van der Waals surface area contributed by atoms with E-state index in [0.717, 1.165) is 4.57 Å². The maximum atomic E-state index is 12.7. The number of methoxy groups -OCH3 is 1. The summed E-state index contributed by atoms with van der Waals surface area (Å²) in [5.74, 6) is 0.204. The summed E-state index contributed by atoms with van der Waals surface area (Å²) < 4.78 is 18.3. The Balaban J connectivity index is 2.11. The molecule has 3 rings (SSSR count). The third kappa shape index (κ3) is 4.83. The van der Waals surface area contributed by atoms with Gasteiger partial charge in [-0.1, -0.05) is 20.8 Å². The molecule has 0 spiro atoms. The molecule has 0 radical (unpaired) electrons. The van der Waals surface area contributed by atoms with Gasteiger partial charge in [-0.15, -0.1) is 0 Å². The fraction of sp³-hybridized carbons (Fsp3) is 0.545. The maximum Gasteiger partial charge on any atom is 0.352 e. The number of hydrogen-bond acceptors (Lipinski definition) is 10. The second-order valence-electron chi connectivity index (χ2n) is 9.47. The average molecular weight is 479 g/mol. The van der Waals surface area contributed by atoms with Crippen molar-refractivity contribution in [2.45, 2.75) is 58.2 Å². The van der Waals surface area contributed by atoms with Crippen LogP contribution in [-0.4, -0.2) is 50.6 Å². The van der Waals surface area contributed by atoms with Crippen molar-refractivity contribution >= 4 is 11.5 Å². The van der Waals surface area contributed by atoms with Crippen molar-refractivity contribution in [1.82, 2.24) is 9.55 Å². The van der Waals surface area contributed by atoms with Gasteiger partial charge >= 0.3 is 5.69 Å². The van der Waals surface area contributed by atoms with E-state index in [2.05, 4.69) is 4.98 Å². The minimum Gasteiger partial charge on any atom is -0.497 e. The van der Waals surface area contributed by atoms with Gasteiger partial charge in [0.15, 0.2) is 11.6 Å². The van der Waals surface area contributed by atoms with Crippen molar-refractivity contribution in [3.8, 4) is 11.5 Å². The quantitative estimate of drug-likeness (QED) is 0.393. The highest BCUT2D eigenvalue weighted by Gasteiger charge is 2.45. The van der Waals surface area contributed by atoms with Gasteiger partial charge in [0.05, 0.1) is 36.5 Å². The van der Waals surface area contributed by atoms with Crippen molar-refractivity contribution in [3.05, 3.63) is 50.6 Å². The largest absolute Gasteiger partial charge is 0.497 e. The third-order valence-electron chi connectivity index (χ3n) is 5.78. The van der Waals surface area contributed by atoms with Crippen LogP contribution in [0.3, 0.4) is 0 Å². The molecule has 0 aliphatic carbocycles. The number of aromatic nitrogens is 2. The van der Waals surface area contributed by atoms with Crippen LogP contribution in [-0.2, 0) is 10.5 Å². The van der Waals surface area contributed by atoms with Crippen LogP contribution in [0, 0.1) is 15.5 Å². The monoisotopic (exact) mass is 478 g/mol. The second kappa shape index (κ2) is 9.20. The molecule has 34 heavy (non-hydrogen) atoms. The van der Waals surface area contributed by atoms with E-state index in [0.29, 0.717) is 5.75 Å². The summed E-state index contributed by atoms with van der Waals surface area (Å²) in [7, 11) is 1.45. The molecule has 1 aromatic carbocycles. The van der Waals surface area contributed by atoms with Crippen LogP contribution in [0.5, 0.6) is 11.5 Å². The van der Waals surface area contributed by atoms with Crippen molar-refractivity contribution < 1.29 is 29.3 Å². The number of nitrogens with two attached hydrogens (primary N) is 1. The zero-order valence-electron chi connectivity index (χ0n) is 19.7. The minimum absolute atomic E-state index is 0.00315. The van der Waals surface area contributed by atoms with Crippen molar-refractivity contribution in [1.29, 1.82) is 0 Å². The number of nitro benzene ring substituents is 1. The Morgan fingerprint density at radius 2 is 2.12 bits per heavy atom. The first-order chi connectivity index (χ1) is 15.8. The molecule has 4 atom stereocenters. The summed E-state index contributed by atoms with van der Waals surface area (Å²) >= 11 is 0. The Kier molecular flexibility index (Phi) is 6.87. The number of benzene rings is 1. The molecule has 2 heterocycles.